The molecule has 2 heterocycles. The standard InChI is InChI=1S/C15H20N4/c1-11-18-13-8-10-16-14(13)15(19-11)17-9-7-12-5-3-2-4-6-12/h5,8,10,16H,2-4,6-7,9H2,1H3,(H,17,18,19). The first kappa shape index (κ1) is 12.2. The van der Waals surface area contributed by atoms with E-state index in [1.54, 1.807) is 5.57 Å². The van der Waals surface area contributed by atoms with Crippen LogP contribution in [0.25, 0.3) is 11.0 Å². The normalized spacial score (nSPS) is 15.5. The minimum absolute atomic E-state index is 0.812. The third-order valence-corrected chi connectivity index (χ3v) is 3.64. The predicted octanol–water partition coefficient (Wildman–Crippen LogP) is 3.57. The summed E-state index contributed by atoms with van der Waals surface area (Å²) < 4.78 is 0. The summed E-state index contributed by atoms with van der Waals surface area (Å²) in [7, 11) is 0. The number of aromatic nitrogens is 3. The zero-order valence-electron chi connectivity index (χ0n) is 11.4. The molecule has 0 saturated heterocycles. The topological polar surface area (TPSA) is 53.6 Å². The lowest BCUT2D eigenvalue weighted by Gasteiger charge is -2.13. The smallest absolute Gasteiger partial charge is 0.154 e. The number of hydrogen-bond acceptors (Lipinski definition) is 3. The van der Waals surface area contributed by atoms with Gasteiger partial charge >= 0.3 is 0 Å². The molecule has 0 unspecified atom stereocenters. The van der Waals surface area contributed by atoms with E-state index in [1.807, 2.05) is 19.2 Å². The Balaban J connectivity index is 1.68. The summed E-state index contributed by atoms with van der Waals surface area (Å²) in [6, 6.07) is 1.98. The number of nitrogens with zero attached hydrogens (tertiary/aromatic N) is 2. The Morgan fingerprint density at radius 3 is 3.11 bits per heavy atom. The molecular weight excluding hydrogens is 236 g/mol. The van der Waals surface area contributed by atoms with Crippen LogP contribution >= 0.6 is 0 Å². The van der Waals surface area contributed by atoms with Gasteiger partial charge in [-0.25, -0.2) is 9.97 Å². The Labute approximate surface area is 113 Å². The van der Waals surface area contributed by atoms with Crippen LogP contribution in [0.5, 0.6) is 0 Å². The van der Waals surface area contributed by atoms with Gasteiger partial charge in [-0.05, 0) is 45.1 Å². The van der Waals surface area contributed by atoms with Crippen LogP contribution in [0.1, 0.15) is 37.9 Å². The van der Waals surface area contributed by atoms with Gasteiger partial charge in [0.15, 0.2) is 5.82 Å². The van der Waals surface area contributed by atoms with E-state index in [0.717, 1.165) is 35.6 Å². The van der Waals surface area contributed by atoms with E-state index in [9.17, 15) is 0 Å². The van der Waals surface area contributed by atoms with Crippen LogP contribution < -0.4 is 5.32 Å². The summed E-state index contributed by atoms with van der Waals surface area (Å²) in [4.78, 5) is 12.1. The zero-order chi connectivity index (χ0) is 13.1. The van der Waals surface area contributed by atoms with Crippen LogP contribution in [0, 0.1) is 6.92 Å². The molecule has 0 fully saturated rings. The van der Waals surface area contributed by atoms with Gasteiger partial charge in [0.2, 0.25) is 0 Å². The number of anilines is 1. The second-order valence-electron chi connectivity index (χ2n) is 5.14. The number of H-pyrrole nitrogens is 1. The van der Waals surface area contributed by atoms with Crippen LogP contribution in [0.2, 0.25) is 0 Å². The lowest BCUT2D eigenvalue weighted by atomic mass is 9.97. The van der Waals surface area contributed by atoms with Gasteiger partial charge < -0.3 is 10.3 Å². The molecule has 19 heavy (non-hydrogen) atoms. The van der Waals surface area contributed by atoms with Crippen molar-refractivity contribution < 1.29 is 0 Å². The highest BCUT2D eigenvalue weighted by molar-refractivity contribution is 5.85. The third-order valence-electron chi connectivity index (χ3n) is 3.64. The maximum absolute atomic E-state index is 4.48. The highest BCUT2D eigenvalue weighted by atomic mass is 15.0. The summed E-state index contributed by atoms with van der Waals surface area (Å²) >= 11 is 0. The number of allylic oxidation sites excluding steroid dienone is 1. The number of fused-ring (bicyclic) bond motifs is 1. The second-order valence-corrected chi connectivity index (χ2v) is 5.14. The van der Waals surface area contributed by atoms with Crippen LogP contribution in [0.15, 0.2) is 23.9 Å². The average molecular weight is 256 g/mol. The van der Waals surface area contributed by atoms with E-state index in [1.165, 1.54) is 25.7 Å². The molecule has 1 aliphatic rings. The number of aromatic amines is 1. The van der Waals surface area contributed by atoms with Gasteiger partial charge in [-0.3, -0.25) is 0 Å². The van der Waals surface area contributed by atoms with Gasteiger partial charge in [0, 0.05) is 12.7 Å². The highest BCUT2D eigenvalue weighted by Gasteiger charge is 2.07. The van der Waals surface area contributed by atoms with Gasteiger partial charge in [0.1, 0.15) is 11.3 Å². The molecule has 0 aromatic carbocycles. The SMILES string of the molecule is Cc1nc(NCCC2=CCCCC2)c2[nH]ccc2n1. The first-order valence-electron chi connectivity index (χ1n) is 7.06. The molecule has 0 spiro atoms. The molecule has 0 atom stereocenters. The third kappa shape index (κ3) is 2.78. The van der Waals surface area contributed by atoms with E-state index in [-0.39, 0.29) is 0 Å². The second kappa shape index (κ2) is 5.43. The summed E-state index contributed by atoms with van der Waals surface area (Å²) in [5, 5.41) is 3.44. The minimum atomic E-state index is 0.812. The van der Waals surface area contributed by atoms with Crippen molar-refractivity contribution in [3.8, 4) is 0 Å². The van der Waals surface area contributed by atoms with Crippen molar-refractivity contribution in [2.45, 2.75) is 39.0 Å². The zero-order valence-corrected chi connectivity index (χ0v) is 11.4. The van der Waals surface area contributed by atoms with Crippen molar-refractivity contribution in [1.29, 1.82) is 0 Å². The Morgan fingerprint density at radius 2 is 2.26 bits per heavy atom. The van der Waals surface area contributed by atoms with Gasteiger partial charge in [-0.15, -0.1) is 0 Å². The molecule has 3 rings (SSSR count). The monoisotopic (exact) mass is 256 g/mol. The average Bonchev–Trinajstić information content (AvgIpc) is 2.88. The molecule has 1 aliphatic carbocycles. The number of nitrogens with one attached hydrogen (secondary N) is 2. The van der Waals surface area contributed by atoms with Gasteiger partial charge in [-0.1, -0.05) is 11.6 Å². The summed E-state index contributed by atoms with van der Waals surface area (Å²) in [5.74, 6) is 1.73. The fraction of sp³-hybridized carbons (Fsp3) is 0.467. The quantitative estimate of drug-likeness (QED) is 0.822. The predicted molar refractivity (Wildman–Crippen MR) is 78.3 cm³/mol. The van der Waals surface area contributed by atoms with E-state index in [2.05, 4.69) is 26.3 Å². The number of hydrogen-bond donors (Lipinski definition) is 2. The first-order valence-corrected chi connectivity index (χ1v) is 7.06. The molecule has 4 nitrogen and oxygen atoms in total. The summed E-state index contributed by atoms with van der Waals surface area (Å²) in [6.45, 7) is 2.87. The van der Waals surface area contributed by atoms with Gasteiger partial charge in [0.25, 0.3) is 0 Å². The van der Waals surface area contributed by atoms with Crippen LogP contribution in [0.3, 0.4) is 0 Å². The summed E-state index contributed by atoms with van der Waals surface area (Å²) in [5.41, 5.74) is 3.57. The van der Waals surface area contributed by atoms with Gasteiger partial charge in [0.05, 0.1) is 5.52 Å². The van der Waals surface area contributed by atoms with E-state index < -0.39 is 0 Å². The molecular formula is C15H20N4. The number of rotatable bonds is 4. The minimum Gasteiger partial charge on any atom is -0.368 e. The molecule has 2 aromatic heterocycles. The fourth-order valence-corrected chi connectivity index (χ4v) is 2.66. The number of aryl methyl sites for hydroxylation is 1. The van der Waals surface area contributed by atoms with Crippen LogP contribution in [-0.2, 0) is 0 Å². The molecule has 4 heteroatoms. The van der Waals surface area contributed by atoms with Gasteiger partial charge in [-0.2, -0.15) is 0 Å². The first-order chi connectivity index (χ1) is 9.33. The van der Waals surface area contributed by atoms with Crippen molar-refractivity contribution in [3.05, 3.63) is 29.7 Å². The maximum Gasteiger partial charge on any atom is 0.154 e. The molecule has 0 bridgehead atoms. The van der Waals surface area contributed by atoms with Crippen molar-refractivity contribution >= 4 is 16.9 Å². The molecule has 2 aromatic rings. The Bertz CT molecular complexity index is 597. The highest BCUT2D eigenvalue weighted by Crippen LogP contribution is 2.21. The maximum atomic E-state index is 4.48. The molecule has 2 N–H and O–H groups in total. The molecule has 100 valence electrons. The lowest BCUT2D eigenvalue weighted by molar-refractivity contribution is 0.679. The van der Waals surface area contributed by atoms with Crippen LogP contribution in [0.4, 0.5) is 5.82 Å². The Kier molecular flexibility index (Phi) is 3.49. The molecule has 0 aliphatic heterocycles. The molecule has 0 radical (unpaired) electrons. The Morgan fingerprint density at radius 1 is 1.32 bits per heavy atom. The molecule has 0 saturated carbocycles. The van der Waals surface area contributed by atoms with E-state index >= 15 is 0 Å². The van der Waals surface area contributed by atoms with E-state index in [0.29, 0.717) is 0 Å². The van der Waals surface area contributed by atoms with Crippen LogP contribution in [-0.4, -0.2) is 21.5 Å². The Hall–Kier alpha value is -1.84. The fourth-order valence-electron chi connectivity index (χ4n) is 2.66. The van der Waals surface area contributed by atoms with Crippen molar-refractivity contribution in [1.82, 2.24) is 15.0 Å². The van der Waals surface area contributed by atoms with E-state index in [4.69, 9.17) is 0 Å². The van der Waals surface area contributed by atoms with Crippen molar-refractivity contribution in [3.63, 3.8) is 0 Å². The molecule has 0 amide bonds. The lowest BCUT2D eigenvalue weighted by Crippen LogP contribution is -2.07. The van der Waals surface area contributed by atoms with Crippen molar-refractivity contribution in [2.75, 3.05) is 11.9 Å². The summed E-state index contributed by atoms with van der Waals surface area (Å²) in [6.07, 6.45) is 10.6. The largest absolute Gasteiger partial charge is 0.368 e. The van der Waals surface area contributed by atoms with Crippen molar-refractivity contribution in [2.24, 2.45) is 0 Å².